The Morgan fingerprint density at radius 2 is 1.79 bits per heavy atom. The van der Waals surface area contributed by atoms with Crippen LogP contribution in [0.1, 0.15) is 5.56 Å². The Kier molecular flexibility index (Phi) is 5.63. The fourth-order valence-corrected chi connectivity index (χ4v) is 3.03. The van der Waals surface area contributed by atoms with Crippen LogP contribution in [0.2, 0.25) is 5.02 Å². The van der Waals surface area contributed by atoms with E-state index in [0.29, 0.717) is 27.8 Å². The van der Waals surface area contributed by atoms with Gasteiger partial charge in [0.2, 0.25) is 6.79 Å². The largest absolute Gasteiger partial charge is 0.483 e. The number of halogens is 1. The Hall–Kier alpha value is -3.51. The van der Waals surface area contributed by atoms with Gasteiger partial charge in [-0.15, -0.1) is 0 Å². The number of ether oxygens (including phenoxy) is 3. The third-order valence-electron chi connectivity index (χ3n) is 4.22. The topological polar surface area (TPSA) is 69.2 Å². The van der Waals surface area contributed by atoms with Crippen LogP contribution in [0.5, 0.6) is 17.2 Å². The highest BCUT2D eigenvalue weighted by molar-refractivity contribution is 6.33. The van der Waals surface area contributed by atoms with Crippen LogP contribution >= 0.6 is 11.6 Å². The number of amides is 1. The predicted molar refractivity (Wildman–Crippen MR) is 111 cm³/mol. The molecule has 1 aliphatic heterocycles. The number of hydrogen-bond acceptors (Lipinski definition) is 5. The molecule has 0 aromatic heterocycles. The van der Waals surface area contributed by atoms with Gasteiger partial charge in [0, 0.05) is 17.2 Å². The van der Waals surface area contributed by atoms with Crippen LogP contribution in [0.15, 0.2) is 71.8 Å². The Morgan fingerprint density at radius 1 is 1.07 bits per heavy atom. The minimum absolute atomic E-state index is 0.158. The molecule has 29 heavy (non-hydrogen) atoms. The summed E-state index contributed by atoms with van der Waals surface area (Å²) < 4.78 is 16.3. The minimum Gasteiger partial charge on any atom is -0.483 e. The third-order valence-corrected chi connectivity index (χ3v) is 4.54. The lowest BCUT2D eigenvalue weighted by Gasteiger charge is -2.10. The van der Waals surface area contributed by atoms with Crippen LogP contribution in [-0.4, -0.2) is 25.5 Å². The van der Waals surface area contributed by atoms with Gasteiger partial charge in [0.1, 0.15) is 5.75 Å². The number of nitrogens with one attached hydrogen (secondary N) is 1. The van der Waals surface area contributed by atoms with Crippen molar-refractivity contribution in [3.8, 4) is 28.4 Å². The standard InChI is InChI=1S/C22H17ClN2O4/c23-18-11-21-20(28-14-29-21)10-16(18)12-24-25-22(26)13-27-19-9-5-4-8-17(19)15-6-2-1-3-7-15/h1-12H,13-14H2,(H,25,26)/b24-12+. The van der Waals surface area contributed by atoms with E-state index in [9.17, 15) is 4.79 Å². The van der Waals surface area contributed by atoms with Crippen molar-refractivity contribution in [2.24, 2.45) is 5.10 Å². The van der Waals surface area contributed by atoms with Gasteiger partial charge < -0.3 is 14.2 Å². The van der Waals surface area contributed by atoms with Crippen molar-refractivity contribution in [2.45, 2.75) is 0 Å². The highest BCUT2D eigenvalue weighted by atomic mass is 35.5. The number of rotatable bonds is 6. The maximum Gasteiger partial charge on any atom is 0.277 e. The third kappa shape index (κ3) is 4.50. The van der Waals surface area contributed by atoms with E-state index in [0.717, 1.165) is 11.1 Å². The van der Waals surface area contributed by atoms with E-state index in [-0.39, 0.29) is 19.3 Å². The van der Waals surface area contributed by atoms with E-state index in [1.54, 1.807) is 12.1 Å². The SMILES string of the molecule is O=C(COc1ccccc1-c1ccccc1)N/N=C/c1cc2c(cc1Cl)OCO2. The maximum absolute atomic E-state index is 12.1. The molecule has 0 saturated heterocycles. The van der Waals surface area contributed by atoms with Gasteiger partial charge in [0.15, 0.2) is 18.1 Å². The molecule has 0 spiro atoms. The van der Waals surface area contributed by atoms with E-state index >= 15 is 0 Å². The average Bonchev–Trinajstić information content (AvgIpc) is 3.20. The second kappa shape index (κ2) is 8.67. The van der Waals surface area contributed by atoms with E-state index in [2.05, 4.69) is 10.5 Å². The smallest absolute Gasteiger partial charge is 0.277 e. The van der Waals surface area contributed by atoms with Gasteiger partial charge in [-0.1, -0.05) is 60.1 Å². The molecule has 3 aromatic rings. The normalized spacial score (nSPS) is 12.2. The Morgan fingerprint density at radius 3 is 2.62 bits per heavy atom. The van der Waals surface area contributed by atoms with Gasteiger partial charge in [-0.2, -0.15) is 5.10 Å². The van der Waals surface area contributed by atoms with Crippen LogP contribution in [0.3, 0.4) is 0 Å². The monoisotopic (exact) mass is 408 g/mol. The molecule has 6 nitrogen and oxygen atoms in total. The molecule has 0 bridgehead atoms. The van der Waals surface area contributed by atoms with E-state index in [1.165, 1.54) is 6.21 Å². The molecule has 0 radical (unpaired) electrons. The summed E-state index contributed by atoms with van der Waals surface area (Å²) in [6.45, 7) is -0.0130. The summed E-state index contributed by atoms with van der Waals surface area (Å²) in [5.74, 6) is 1.40. The van der Waals surface area contributed by atoms with Gasteiger partial charge in [-0.3, -0.25) is 4.79 Å². The summed E-state index contributed by atoms with van der Waals surface area (Å²) in [5.41, 5.74) is 4.96. The van der Waals surface area contributed by atoms with Gasteiger partial charge in [-0.05, 0) is 17.7 Å². The molecule has 4 rings (SSSR count). The molecule has 0 atom stereocenters. The van der Waals surface area contributed by atoms with Gasteiger partial charge in [0.05, 0.1) is 11.2 Å². The number of fused-ring (bicyclic) bond motifs is 1. The van der Waals surface area contributed by atoms with Crippen molar-refractivity contribution < 1.29 is 19.0 Å². The van der Waals surface area contributed by atoms with Crippen molar-refractivity contribution in [1.82, 2.24) is 5.43 Å². The number of carbonyl (C=O) groups is 1. The van der Waals surface area contributed by atoms with Crippen molar-refractivity contribution in [3.63, 3.8) is 0 Å². The first-order valence-electron chi connectivity index (χ1n) is 8.89. The van der Waals surface area contributed by atoms with E-state index < -0.39 is 0 Å². The lowest BCUT2D eigenvalue weighted by molar-refractivity contribution is -0.123. The summed E-state index contributed by atoms with van der Waals surface area (Å²) in [5, 5.41) is 4.38. The van der Waals surface area contributed by atoms with E-state index in [1.807, 2.05) is 54.6 Å². The highest BCUT2D eigenvalue weighted by Crippen LogP contribution is 2.36. The van der Waals surface area contributed by atoms with Gasteiger partial charge in [0.25, 0.3) is 5.91 Å². The minimum atomic E-state index is -0.388. The maximum atomic E-state index is 12.1. The van der Waals surface area contributed by atoms with Gasteiger partial charge in [-0.25, -0.2) is 5.43 Å². The summed E-state index contributed by atoms with van der Waals surface area (Å²) in [7, 11) is 0. The van der Waals surface area contributed by atoms with Crippen molar-refractivity contribution in [2.75, 3.05) is 13.4 Å². The molecule has 1 amide bonds. The Bertz CT molecular complexity index is 1050. The molecule has 0 saturated carbocycles. The fraction of sp³-hybridized carbons (Fsp3) is 0.0909. The summed E-state index contributed by atoms with van der Waals surface area (Å²) in [6.07, 6.45) is 1.44. The molecule has 146 valence electrons. The molecule has 1 N–H and O–H groups in total. The predicted octanol–water partition coefficient (Wildman–Crippen LogP) is 4.26. The first kappa shape index (κ1) is 18.8. The number of nitrogens with zero attached hydrogens (tertiary/aromatic N) is 1. The number of hydrogen-bond donors (Lipinski definition) is 1. The van der Waals surface area contributed by atoms with Crippen molar-refractivity contribution in [3.05, 3.63) is 77.3 Å². The Labute approximate surface area is 172 Å². The van der Waals surface area contributed by atoms with Crippen LogP contribution < -0.4 is 19.6 Å². The molecule has 0 fully saturated rings. The summed E-state index contributed by atoms with van der Waals surface area (Å²) >= 11 is 6.18. The van der Waals surface area contributed by atoms with Crippen LogP contribution in [0.25, 0.3) is 11.1 Å². The number of para-hydroxylation sites is 1. The molecular formula is C22H17ClN2O4. The molecule has 7 heteroatoms. The number of carbonyl (C=O) groups excluding carboxylic acids is 1. The summed E-state index contributed by atoms with van der Waals surface area (Å²) in [6, 6.07) is 20.7. The molecule has 0 unspecified atom stereocenters. The number of benzene rings is 3. The second-order valence-electron chi connectivity index (χ2n) is 6.17. The van der Waals surface area contributed by atoms with Crippen LogP contribution in [0.4, 0.5) is 0 Å². The zero-order valence-corrected chi connectivity index (χ0v) is 16.1. The first-order chi connectivity index (χ1) is 14.2. The molecule has 0 aliphatic carbocycles. The van der Waals surface area contributed by atoms with Gasteiger partial charge >= 0.3 is 0 Å². The quantitative estimate of drug-likeness (QED) is 0.488. The molecule has 3 aromatic carbocycles. The highest BCUT2D eigenvalue weighted by Gasteiger charge is 2.15. The molecule has 1 heterocycles. The lowest BCUT2D eigenvalue weighted by atomic mass is 10.1. The zero-order chi connectivity index (χ0) is 20.1. The zero-order valence-electron chi connectivity index (χ0n) is 15.3. The van der Waals surface area contributed by atoms with Crippen LogP contribution in [-0.2, 0) is 4.79 Å². The fourth-order valence-electron chi connectivity index (χ4n) is 2.83. The molecular weight excluding hydrogens is 392 g/mol. The summed E-state index contributed by atoms with van der Waals surface area (Å²) in [4.78, 5) is 12.1. The second-order valence-corrected chi connectivity index (χ2v) is 6.58. The van der Waals surface area contributed by atoms with Crippen molar-refractivity contribution >= 4 is 23.7 Å². The Balaban J connectivity index is 1.36. The van der Waals surface area contributed by atoms with Crippen LogP contribution in [0, 0.1) is 0 Å². The average molecular weight is 409 g/mol. The first-order valence-corrected chi connectivity index (χ1v) is 9.27. The van der Waals surface area contributed by atoms with Crippen molar-refractivity contribution in [1.29, 1.82) is 0 Å². The lowest BCUT2D eigenvalue weighted by Crippen LogP contribution is -2.24. The van der Waals surface area contributed by atoms with E-state index in [4.69, 9.17) is 25.8 Å². The number of hydrazone groups is 1. The molecule has 1 aliphatic rings.